The number of aromatic nitrogens is 2. The largest absolute Gasteiger partial charge is 0.353 e. The molecule has 0 radical (unpaired) electrons. The normalized spacial score (nSPS) is 10.3. The number of nitrogens with one attached hydrogen (secondary N) is 1. The Morgan fingerprint density at radius 3 is 2.30 bits per heavy atom. The maximum Gasteiger partial charge on any atom is 0.222 e. The molecule has 0 saturated carbocycles. The van der Waals surface area contributed by atoms with Crippen LogP contribution < -0.4 is 5.32 Å². The molecule has 2 rings (SSSR count). The molecule has 0 aliphatic heterocycles. The molecule has 0 fully saturated rings. The molecule has 1 aromatic heterocycles. The lowest BCUT2D eigenvalue weighted by atomic mass is 10.00. The predicted molar refractivity (Wildman–Crippen MR) is 80.3 cm³/mol. The maximum absolute atomic E-state index is 8.47. The first-order chi connectivity index (χ1) is 9.70. The summed E-state index contributed by atoms with van der Waals surface area (Å²) in [6, 6.07) is 10.5. The number of rotatable bonds is 5. The van der Waals surface area contributed by atoms with Gasteiger partial charge in [0, 0.05) is 24.5 Å². The van der Waals surface area contributed by atoms with Crippen LogP contribution >= 0.6 is 0 Å². The highest BCUT2D eigenvalue weighted by Crippen LogP contribution is 2.21. The van der Waals surface area contributed by atoms with Crippen molar-refractivity contribution in [2.45, 2.75) is 26.2 Å². The third kappa shape index (κ3) is 3.55. The minimum Gasteiger partial charge on any atom is -0.353 e. The summed E-state index contributed by atoms with van der Waals surface area (Å²) in [6.07, 6.45) is 4.04. The first-order valence-corrected chi connectivity index (χ1v) is 6.74. The molecule has 0 aliphatic rings. The molecular weight excluding hydrogens is 248 g/mol. The first kappa shape index (κ1) is 14.0. The molecule has 4 nitrogen and oxygen atoms in total. The molecule has 102 valence electrons. The number of anilines is 1. The van der Waals surface area contributed by atoms with Crippen LogP contribution in [0, 0.1) is 11.3 Å². The number of nitrogens with zero attached hydrogens (tertiary/aromatic N) is 3. The highest BCUT2D eigenvalue weighted by Gasteiger charge is 2.02. The fourth-order valence-electron chi connectivity index (χ4n) is 1.86. The summed E-state index contributed by atoms with van der Waals surface area (Å²) in [5.74, 6) is 1.09. The van der Waals surface area contributed by atoms with Gasteiger partial charge in [-0.1, -0.05) is 38.1 Å². The van der Waals surface area contributed by atoms with Gasteiger partial charge < -0.3 is 5.32 Å². The standard InChI is InChI=1S/C16H18N4/c1-12(2)13-4-6-14(7-5-13)15-10-19-16(20-11-15)18-9-3-8-17/h4-7,10-12H,3,9H2,1-2H3,(H,18,19,20). The Kier molecular flexibility index (Phi) is 4.67. The van der Waals surface area contributed by atoms with Gasteiger partial charge in [0.15, 0.2) is 0 Å². The summed E-state index contributed by atoms with van der Waals surface area (Å²) >= 11 is 0. The molecule has 0 atom stereocenters. The van der Waals surface area contributed by atoms with Crippen molar-refractivity contribution < 1.29 is 0 Å². The monoisotopic (exact) mass is 266 g/mol. The van der Waals surface area contributed by atoms with Crippen LogP contribution in [0.25, 0.3) is 11.1 Å². The van der Waals surface area contributed by atoms with Crippen molar-refractivity contribution in [2.75, 3.05) is 11.9 Å². The van der Waals surface area contributed by atoms with E-state index in [2.05, 4.69) is 59.5 Å². The van der Waals surface area contributed by atoms with Crippen molar-refractivity contribution in [3.8, 4) is 17.2 Å². The average molecular weight is 266 g/mol. The predicted octanol–water partition coefficient (Wildman–Crippen LogP) is 3.59. The van der Waals surface area contributed by atoms with Gasteiger partial charge in [0.2, 0.25) is 5.95 Å². The molecule has 0 bridgehead atoms. The van der Waals surface area contributed by atoms with E-state index in [0.29, 0.717) is 24.8 Å². The van der Waals surface area contributed by atoms with Crippen molar-refractivity contribution in [1.29, 1.82) is 5.26 Å². The van der Waals surface area contributed by atoms with Crippen LogP contribution in [0.2, 0.25) is 0 Å². The van der Waals surface area contributed by atoms with Gasteiger partial charge in [0.05, 0.1) is 12.5 Å². The summed E-state index contributed by atoms with van der Waals surface area (Å²) in [5, 5.41) is 11.5. The minimum absolute atomic E-state index is 0.446. The molecule has 20 heavy (non-hydrogen) atoms. The number of hydrogen-bond acceptors (Lipinski definition) is 4. The molecular formula is C16H18N4. The maximum atomic E-state index is 8.47. The second-order valence-corrected chi connectivity index (χ2v) is 4.91. The SMILES string of the molecule is CC(C)c1ccc(-c2cnc(NCCC#N)nc2)cc1. The molecule has 1 N–H and O–H groups in total. The van der Waals surface area contributed by atoms with E-state index in [0.717, 1.165) is 11.1 Å². The molecule has 1 heterocycles. The molecule has 0 saturated heterocycles. The summed E-state index contributed by atoms with van der Waals surface area (Å²) < 4.78 is 0. The summed E-state index contributed by atoms with van der Waals surface area (Å²) in [5.41, 5.74) is 3.42. The Bertz CT molecular complexity index is 579. The van der Waals surface area contributed by atoms with Crippen LogP contribution in [-0.4, -0.2) is 16.5 Å². The van der Waals surface area contributed by atoms with Gasteiger partial charge in [-0.3, -0.25) is 0 Å². The second-order valence-electron chi connectivity index (χ2n) is 4.91. The summed E-state index contributed by atoms with van der Waals surface area (Å²) in [4.78, 5) is 8.51. The van der Waals surface area contributed by atoms with Gasteiger partial charge >= 0.3 is 0 Å². The van der Waals surface area contributed by atoms with E-state index in [-0.39, 0.29) is 0 Å². The van der Waals surface area contributed by atoms with Crippen LogP contribution in [0.1, 0.15) is 31.7 Å². The highest BCUT2D eigenvalue weighted by molar-refractivity contribution is 5.62. The fraction of sp³-hybridized carbons (Fsp3) is 0.312. The van der Waals surface area contributed by atoms with Crippen LogP contribution in [-0.2, 0) is 0 Å². The van der Waals surface area contributed by atoms with Crippen LogP contribution in [0.15, 0.2) is 36.7 Å². The third-order valence-corrected chi connectivity index (χ3v) is 3.08. The Hall–Kier alpha value is -2.41. The molecule has 4 heteroatoms. The minimum atomic E-state index is 0.446. The zero-order chi connectivity index (χ0) is 14.4. The van der Waals surface area contributed by atoms with Crippen molar-refractivity contribution in [2.24, 2.45) is 0 Å². The molecule has 0 unspecified atom stereocenters. The molecule has 0 spiro atoms. The van der Waals surface area contributed by atoms with Crippen LogP contribution in [0.5, 0.6) is 0 Å². The van der Waals surface area contributed by atoms with Crippen molar-refractivity contribution in [1.82, 2.24) is 9.97 Å². The smallest absolute Gasteiger partial charge is 0.222 e. The fourth-order valence-corrected chi connectivity index (χ4v) is 1.86. The number of benzene rings is 1. The average Bonchev–Trinajstić information content (AvgIpc) is 2.48. The molecule has 0 aliphatic carbocycles. The van der Waals surface area contributed by atoms with E-state index in [1.807, 2.05) is 0 Å². The Balaban J connectivity index is 2.07. The molecule has 1 aromatic carbocycles. The van der Waals surface area contributed by atoms with Crippen LogP contribution in [0.3, 0.4) is 0 Å². The van der Waals surface area contributed by atoms with E-state index in [4.69, 9.17) is 5.26 Å². The zero-order valence-corrected chi connectivity index (χ0v) is 11.8. The van der Waals surface area contributed by atoms with Gasteiger partial charge in [0.1, 0.15) is 0 Å². The first-order valence-electron chi connectivity index (χ1n) is 6.74. The van der Waals surface area contributed by atoms with E-state index >= 15 is 0 Å². The van der Waals surface area contributed by atoms with Gasteiger partial charge in [-0.2, -0.15) is 5.26 Å². The second kappa shape index (κ2) is 6.67. The van der Waals surface area contributed by atoms with E-state index < -0.39 is 0 Å². The topological polar surface area (TPSA) is 61.6 Å². The van der Waals surface area contributed by atoms with E-state index in [1.165, 1.54) is 5.56 Å². The lowest BCUT2D eigenvalue weighted by Crippen LogP contribution is -2.04. The summed E-state index contributed by atoms with van der Waals surface area (Å²) in [7, 11) is 0. The quantitative estimate of drug-likeness (QED) is 0.840. The van der Waals surface area contributed by atoms with Crippen LogP contribution in [0.4, 0.5) is 5.95 Å². The summed E-state index contributed by atoms with van der Waals surface area (Å²) in [6.45, 7) is 4.93. The Labute approximate surface area is 119 Å². The van der Waals surface area contributed by atoms with Crippen molar-refractivity contribution in [3.63, 3.8) is 0 Å². The van der Waals surface area contributed by atoms with Gasteiger partial charge in [-0.25, -0.2) is 9.97 Å². The van der Waals surface area contributed by atoms with E-state index in [1.54, 1.807) is 12.4 Å². The van der Waals surface area contributed by atoms with E-state index in [9.17, 15) is 0 Å². The number of hydrogen-bond donors (Lipinski definition) is 1. The van der Waals surface area contributed by atoms with Crippen molar-refractivity contribution in [3.05, 3.63) is 42.2 Å². The molecule has 2 aromatic rings. The van der Waals surface area contributed by atoms with Gasteiger partial charge in [-0.15, -0.1) is 0 Å². The van der Waals surface area contributed by atoms with Gasteiger partial charge in [0.25, 0.3) is 0 Å². The lowest BCUT2D eigenvalue weighted by Gasteiger charge is -2.07. The zero-order valence-electron chi connectivity index (χ0n) is 11.8. The molecule has 0 amide bonds. The highest BCUT2D eigenvalue weighted by atomic mass is 15.1. The van der Waals surface area contributed by atoms with Crippen molar-refractivity contribution >= 4 is 5.95 Å². The number of nitriles is 1. The third-order valence-electron chi connectivity index (χ3n) is 3.08. The Morgan fingerprint density at radius 1 is 1.10 bits per heavy atom. The lowest BCUT2D eigenvalue weighted by molar-refractivity contribution is 0.867. The van der Waals surface area contributed by atoms with Gasteiger partial charge in [-0.05, 0) is 17.0 Å². The Morgan fingerprint density at radius 2 is 1.75 bits per heavy atom.